The fourth-order valence-corrected chi connectivity index (χ4v) is 1.47. The highest BCUT2D eigenvalue weighted by atomic mass is 32.2. The first-order valence-electron chi connectivity index (χ1n) is 3.87. The van der Waals surface area contributed by atoms with E-state index in [4.69, 9.17) is 0 Å². The summed E-state index contributed by atoms with van der Waals surface area (Å²) in [6.45, 7) is 1.65. The number of hydrogen-bond donors (Lipinski definition) is 0. The van der Waals surface area contributed by atoms with Crippen LogP contribution in [-0.2, 0) is 4.79 Å². The molecule has 1 aromatic carbocycles. The highest BCUT2D eigenvalue weighted by Gasteiger charge is 2.10. The van der Waals surface area contributed by atoms with Gasteiger partial charge in [0.2, 0.25) is 11.4 Å². The molecule has 1 aromatic rings. The molecule has 1 atom stereocenters. The van der Waals surface area contributed by atoms with Gasteiger partial charge in [0, 0.05) is 5.56 Å². The predicted octanol–water partition coefficient (Wildman–Crippen LogP) is 2.06. The Morgan fingerprint density at radius 3 is 2.54 bits per heavy atom. The number of benzene rings is 1. The van der Waals surface area contributed by atoms with E-state index >= 15 is 0 Å². The molecule has 67 valence electrons. The van der Waals surface area contributed by atoms with Crippen LogP contribution in [0.2, 0.25) is 0 Å². The minimum Gasteiger partial charge on any atom is -0.290 e. The Hall–Kier alpha value is -1.09. The normalized spacial score (nSPS) is 12.1. The first kappa shape index (κ1) is 9.99. The summed E-state index contributed by atoms with van der Waals surface area (Å²) < 4.78 is 0. The molecule has 0 amide bonds. The van der Waals surface area contributed by atoms with E-state index in [1.54, 1.807) is 37.5 Å². The van der Waals surface area contributed by atoms with Crippen molar-refractivity contribution in [2.24, 2.45) is 0 Å². The Balaban J connectivity index is 2.64. The molecule has 0 aliphatic rings. The van der Waals surface area contributed by atoms with Gasteiger partial charge < -0.3 is 0 Å². The average Bonchev–Trinajstić information content (AvgIpc) is 2.19. The van der Waals surface area contributed by atoms with Crippen molar-refractivity contribution in [1.29, 1.82) is 0 Å². The summed E-state index contributed by atoms with van der Waals surface area (Å²) in [4.78, 5) is 21.6. The second-order valence-electron chi connectivity index (χ2n) is 2.53. The minimum atomic E-state index is -0.396. The van der Waals surface area contributed by atoms with Crippen LogP contribution in [0.25, 0.3) is 0 Å². The van der Waals surface area contributed by atoms with Crippen molar-refractivity contribution in [3.8, 4) is 0 Å². The Kier molecular flexibility index (Phi) is 3.71. The lowest BCUT2D eigenvalue weighted by Gasteiger charge is -2.00. The van der Waals surface area contributed by atoms with Gasteiger partial charge in [0.1, 0.15) is 0 Å². The first-order chi connectivity index (χ1) is 6.24. The van der Waals surface area contributed by atoms with Crippen molar-refractivity contribution in [2.75, 3.05) is 0 Å². The van der Waals surface area contributed by atoms with Crippen LogP contribution in [0.4, 0.5) is 0 Å². The largest absolute Gasteiger partial charge is 0.290 e. The number of carbonyl (C=O) groups is 1. The summed E-state index contributed by atoms with van der Waals surface area (Å²) in [7, 11) is 0. The maximum Gasteiger partial charge on any atom is 0.220 e. The van der Waals surface area contributed by atoms with Crippen LogP contribution in [0.5, 0.6) is 0 Å². The molecule has 0 aliphatic heterocycles. The van der Waals surface area contributed by atoms with E-state index in [0.717, 1.165) is 11.8 Å². The maximum absolute atomic E-state index is 11.4. The van der Waals surface area contributed by atoms with Gasteiger partial charge in [-0.25, -0.2) is 0 Å². The monoisotopic (exact) mass is 193 g/mol. The smallest absolute Gasteiger partial charge is 0.220 e. The van der Waals surface area contributed by atoms with Crippen molar-refractivity contribution < 1.29 is 9.59 Å². The SMILES string of the molecule is CC([C]=O)SC(=O)c1ccccc1. The molecular formula is C10H9O2S. The third kappa shape index (κ3) is 3.03. The number of carbonyl (C=O) groups excluding carboxylic acids is 2. The van der Waals surface area contributed by atoms with Gasteiger partial charge in [-0.1, -0.05) is 42.1 Å². The van der Waals surface area contributed by atoms with E-state index < -0.39 is 5.25 Å². The summed E-state index contributed by atoms with van der Waals surface area (Å²) in [6.07, 6.45) is 1.76. The molecule has 0 N–H and O–H groups in total. The third-order valence-corrected chi connectivity index (χ3v) is 2.36. The van der Waals surface area contributed by atoms with Crippen LogP contribution >= 0.6 is 11.8 Å². The number of thioether (sulfide) groups is 1. The van der Waals surface area contributed by atoms with Crippen LogP contribution in [-0.4, -0.2) is 16.7 Å². The molecule has 3 heteroatoms. The highest BCUT2D eigenvalue weighted by Crippen LogP contribution is 2.15. The van der Waals surface area contributed by atoms with Gasteiger partial charge in [-0.15, -0.1) is 0 Å². The maximum atomic E-state index is 11.4. The van der Waals surface area contributed by atoms with E-state index in [0.29, 0.717) is 5.56 Å². The standard InChI is InChI=1S/C10H9O2S/c1-8(7-11)13-10(12)9-5-3-2-4-6-9/h2-6,8H,1H3. The molecule has 0 saturated carbocycles. The molecule has 0 saturated heterocycles. The lowest BCUT2D eigenvalue weighted by molar-refractivity contribution is 0.108. The van der Waals surface area contributed by atoms with E-state index in [1.165, 1.54) is 0 Å². The number of rotatable bonds is 3. The van der Waals surface area contributed by atoms with Crippen molar-refractivity contribution in [1.82, 2.24) is 0 Å². The Labute approximate surface area is 81.3 Å². The lowest BCUT2D eigenvalue weighted by Crippen LogP contribution is -2.03. The molecule has 0 aliphatic carbocycles. The third-order valence-electron chi connectivity index (χ3n) is 1.46. The van der Waals surface area contributed by atoms with Gasteiger partial charge in [-0.2, -0.15) is 0 Å². The molecule has 0 fully saturated rings. The van der Waals surface area contributed by atoms with Crippen molar-refractivity contribution in [3.63, 3.8) is 0 Å². The Morgan fingerprint density at radius 2 is 2.00 bits per heavy atom. The fourth-order valence-electron chi connectivity index (χ4n) is 0.827. The van der Waals surface area contributed by atoms with Gasteiger partial charge in [0.25, 0.3) is 0 Å². The van der Waals surface area contributed by atoms with Crippen molar-refractivity contribution in [3.05, 3.63) is 35.9 Å². The molecule has 1 unspecified atom stereocenters. The molecule has 0 aromatic heterocycles. The van der Waals surface area contributed by atoms with E-state index in [-0.39, 0.29) is 5.12 Å². The topological polar surface area (TPSA) is 34.1 Å². The molecular weight excluding hydrogens is 184 g/mol. The molecule has 13 heavy (non-hydrogen) atoms. The fraction of sp³-hybridized carbons (Fsp3) is 0.200. The summed E-state index contributed by atoms with van der Waals surface area (Å²) in [5.41, 5.74) is 0.620. The van der Waals surface area contributed by atoms with E-state index in [9.17, 15) is 9.59 Å². The molecule has 2 nitrogen and oxygen atoms in total. The van der Waals surface area contributed by atoms with Crippen LogP contribution in [0.1, 0.15) is 17.3 Å². The van der Waals surface area contributed by atoms with Gasteiger partial charge in [-0.3, -0.25) is 9.59 Å². The van der Waals surface area contributed by atoms with Crippen molar-refractivity contribution >= 4 is 23.2 Å². The summed E-state index contributed by atoms with van der Waals surface area (Å²) in [5.74, 6) is 0. The second-order valence-corrected chi connectivity index (χ2v) is 3.85. The quantitative estimate of drug-likeness (QED) is 0.736. The predicted molar refractivity (Wildman–Crippen MR) is 53.5 cm³/mol. The summed E-state index contributed by atoms with van der Waals surface area (Å²) in [5, 5.41) is -0.482. The lowest BCUT2D eigenvalue weighted by atomic mass is 10.2. The van der Waals surface area contributed by atoms with E-state index in [2.05, 4.69) is 0 Å². The van der Waals surface area contributed by atoms with Gasteiger partial charge in [0.15, 0.2) is 0 Å². The first-order valence-corrected chi connectivity index (χ1v) is 4.75. The summed E-state index contributed by atoms with van der Waals surface area (Å²) >= 11 is 0.990. The minimum absolute atomic E-state index is 0.0866. The van der Waals surface area contributed by atoms with Crippen LogP contribution < -0.4 is 0 Å². The zero-order valence-corrected chi connectivity index (χ0v) is 8.01. The molecule has 0 spiro atoms. The Morgan fingerprint density at radius 1 is 1.38 bits per heavy atom. The Bertz CT molecular complexity index is 295. The van der Waals surface area contributed by atoms with Gasteiger partial charge >= 0.3 is 0 Å². The zero-order valence-electron chi connectivity index (χ0n) is 7.19. The molecule has 0 bridgehead atoms. The van der Waals surface area contributed by atoms with Crippen molar-refractivity contribution in [2.45, 2.75) is 12.2 Å². The van der Waals surface area contributed by atoms with Crippen LogP contribution in [0.3, 0.4) is 0 Å². The zero-order chi connectivity index (χ0) is 9.68. The number of hydrogen-bond acceptors (Lipinski definition) is 3. The molecule has 1 radical (unpaired) electrons. The van der Waals surface area contributed by atoms with E-state index in [1.807, 2.05) is 6.07 Å². The summed E-state index contributed by atoms with van der Waals surface area (Å²) in [6, 6.07) is 8.89. The average molecular weight is 193 g/mol. The highest BCUT2D eigenvalue weighted by molar-refractivity contribution is 8.15. The van der Waals surface area contributed by atoms with Crippen LogP contribution in [0, 0.1) is 0 Å². The molecule has 1 rings (SSSR count). The van der Waals surface area contributed by atoms with Crippen LogP contribution in [0.15, 0.2) is 30.3 Å². The molecule has 0 heterocycles. The second kappa shape index (κ2) is 4.82. The van der Waals surface area contributed by atoms with Gasteiger partial charge in [-0.05, 0) is 6.92 Å². The van der Waals surface area contributed by atoms with Gasteiger partial charge in [0.05, 0.1) is 5.25 Å².